The second-order valence-electron chi connectivity index (χ2n) is 7.92. The number of phenols is 1. The molecule has 5 heteroatoms. The van der Waals surface area contributed by atoms with Crippen molar-refractivity contribution in [3.05, 3.63) is 54.1 Å². The van der Waals surface area contributed by atoms with Crippen LogP contribution in [0.4, 0.5) is 4.79 Å². The highest BCUT2D eigenvalue weighted by Crippen LogP contribution is 2.35. The van der Waals surface area contributed by atoms with Gasteiger partial charge in [-0.1, -0.05) is 56.3 Å². The lowest BCUT2D eigenvalue weighted by molar-refractivity contribution is 0.0532. The van der Waals surface area contributed by atoms with Gasteiger partial charge in [0.05, 0.1) is 13.2 Å². The number of ether oxygens (including phenoxy) is 1. The van der Waals surface area contributed by atoms with Gasteiger partial charge in [0.2, 0.25) is 0 Å². The molecule has 0 aromatic heterocycles. The summed E-state index contributed by atoms with van der Waals surface area (Å²) in [6.45, 7) is 7.54. The molecule has 0 spiro atoms. The van der Waals surface area contributed by atoms with Gasteiger partial charge >= 0.3 is 6.03 Å². The van der Waals surface area contributed by atoms with Crippen molar-refractivity contribution in [2.75, 3.05) is 32.8 Å². The number of carbonyl (C=O) groups is 1. The Labute approximate surface area is 167 Å². The summed E-state index contributed by atoms with van der Waals surface area (Å²) in [4.78, 5) is 13.9. The maximum absolute atomic E-state index is 12.1. The number of amides is 2. The Morgan fingerprint density at radius 1 is 1.14 bits per heavy atom. The first-order valence-electron chi connectivity index (χ1n) is 9.97. The highest BCUT2D eigenvalue weighted by molar-refractivity contribution is 5.74. The van der Waals surface area contributed by atoms with Gasteiger partial charge < -0.3 is 20.1 Å². The van der Waals surface area contributed by atoms with Crippen LogP contribution in [-0.4, -0.2) is 48.9 Å². The van der Waals surface area contributed by atoms with Crippen LogP contribution in [0.25, 0.3) is 11.1 Å². The summed E-state index contributed by atoms with van der Waals surface area (Å²) >= 11 is 0. The number of morpholine rings is 1. The normalized spacial score (nSPS) is 14.7. The fraction of sp³-hybridized carbons (Fsp3) is 0.435. The van der Waals surface area contributed by atoms with Crippen LogP contribution < -0.4 is 5.32 Å². The Bertz CT molecular complexity index is 784. The van der Waals surface area contributed by atoms with Crippen LogP contribution in [0.1, 0.15) is 32.3 Å². The van der Waals surface area contributed by atoms with E-state index in [9.17, 15) is 9.90 Å². The van der Waals surface area contributed by atoms with E-state index in [2.05, 4.69) is 25.2 Å². The van der Waals surface area contributed by atoms with Gasteiger partial charge in [0.25, 0.3) is 0 Å². The first-order chi connectivity index (χ1) is 13.5. The molecule has 1 saturated heterocycles. The van der Waals surface area contributed by atoms with E-state index in [1.54, 1.807) is 4.90 Å². The molecule has 0 atom stereocenters. The van der Waals surface area contributed by atoms with E-state index in [1.165, 1.54) is 0 Å². The second kappa shape index (κ2) is 9.11. The van der Waals surface area contributed by atoms with Gasteiger partial charge in [0.1, 0.15) is 5.75 Å². The third-order valence-corrected chi connectivity index (χ3v) is 5.42. The lowest BCUT2D eigenvalue weighted by Crippen LogP contribution is -2.46. The highest BCUT2D eigenvalue weighted by Gasteiger charge is 2.22. The molecule has 150 valence electrons. The van der Waals surface area contributed by atoms with Crippen LogP contribution in [-0.2, 0) is 10.2 Å². The molecule has 1 aliphatic rings. The Kier molecular flexibility index (Phi) is 6.57. The van der Waals surface area contributed by atoms with Crippen LogP contribution in [0.2, 0.25) is 0 Å². The predicted octanol–water partition coefficient (Wildman–Crippen LogP) is 4.16. The zero-order chi connectivity index (χ0) is 20.0. The largest absolute Gasteiger partial charge is 0.507 e. The molecule has 0 saturated carbocycles. The Hall–Kier alpha value is -2.53. The van der Waals surface area contributed by atoms with E-state index in [0.29, 0.717) is 38.6 Å². The Balaban J connectivity index is 1.54. The monoisotopic (exact) mass is 382 g/mol. The minimum absolute atomic E-state index is 0.00837. The van der Waals surface area contributed by atoms with E-state index < -0.39 is 0 Å². The predicted molar refractivity (Wildman–Crippen MR) is 112 cm³/mol. The van der Waals surface area contributed by atoms with E-state index in [-0.39, 0.29) is 11.4 Å². The molecule has 2 aromatic carbocycles. The second-order valence-corrected chi connectivity index (χ2v) is 7.92. The number of nitrogens with zero attached hydrogens (tertiary/aromatic N) is 1. The fourth-order valence-corrected chi connectivity index (χ4v) is 3.56. The Morgan fingerprint density at radius 3 is 2.54 bits per heavy atom. The summed E-state index contributed by atoms with van der Waals surface area (Å²) < 4.78 is 5.27. The van der Waals surface area contributed by atoms with Crippen molar-refractivity contribution in [2.45, 2.75) is 32.1 Å². The molecule has 1 aliphatic heterocycles. The number of phenolic OH excluding ortho intramolecular Hbond substituents is 1. The van der Waals surface area contributed by atoms with Gasteiger partial charge in [0.15, 0.2) is 0 Å². The summed E-state index contributed by atoms with van der Waals surface area (Å²) in [5, 5.41) is 13.5. The summed E-state index contributed by atoms with van der Waals surface area (Å²) in [6, 6.07) is 15.8. The molecule has 1 heterocycles. The van der Waals surface area contributed by atoms with Crippen molar-refractivity contribution < 1.29 is 14.6 Å². The molecule has 28 heavy (non-hydrogen) atoms. The third-order valence-electron chi connectivity index (χ3n) is 5.42. The number of benzene rings is 2. The molecule has 0 bridgehead atoms. The number of hydrogen-bond acceptors (Lipinski definition) is 3. The zero-order valence-electron chi connectivity index (χ0n) is 16.8. The van der Waals surface area contributed by atoms with Crippen molar-refractivity contribution in [2.24, 2.45) is 0 Å². The number of aromatic hydroxyl groups is 1. The molecule has 0 radical (unpaired) electrons. The number of nitrogens with one attached hydrogen (secondary N) is 1. The van der Waals surface area contributed by atoms with E-state index in [0.717, 1.165) is 29.5 Å². The zero-order valence-corrected chi connectivity index (χ0v) is 16.8. The third kappa shape index (κ3) is 5.04. The lowest BCUT2D eigenvalue weighted by Gasteiger charge is -2.28. The minimum Gasteiger partial charge on any atom is -0.507 e. The lowest BCUT2D eigenvalue weighted by atomic mass is 9.80. The van der Waals surface area contributed by atoms with Gasteiger partial charge in [-0.25, -0.2) is 4.79 Å². The molecule has 5 nitrogen and oxygen atoms in total. The SMILES string of the molecule is CC(C)(CCCNC(=O)N1CCOCC1)c1ccc(-c2ccccc2)c(O)c1. The maximum atomic E-state index is 12.1. The first kappa shape index (κ1) is 20.2. The standard InChI is InChI=1S/C23H30N2O3/c1-23(2,11-6-12-24-22(27)25-13-15-28-16-14-25)19-9-10-20(21(26)17-19)18-7-4-3-5-8-18/h3-5,7-10,17,26H,6,11-16H2,1-2H3,(H,24,27). The molecular formula is C23H30N2O3. The molecule has 0 aliphatic carbocycles. The van der Waals surface area contributed by atoms with Crippen LogP contribution in [0.15, 0.2) is 48.5 Å². The topological polar surface area (TPSA) is 61.8 Å². The van der Waals surface area contributed by atoms with E-state index in [4.69, 9.17) is 4.74 Å². The van der Waals surface area contributed by atoms with Crippen LogP contribution >= 0.6 is 0 Å². The van der Waals surface area contributed by atoms with Crippen LogP contribution in [0, 0.1) is 0 Å². The van der Waals surface area contributed by atoms with Gasteiger partial charge in [-0.3, -0.25) is 0 Å². The minimum atomic E-state index is -0.0869. The molecule has 3 rings (SSSR count). The average Bonchev–Trinajstić information content (AvgIpc) is 2.72. The first-order valence-corrected chi connectivity index (χ1v) is 9.97. The van der Waals surface area contributed by atoms with Crippen molar-refractivity contribution in [1.82, 2.24) is 10.2 Å². The van der Waals surface area contributed by atoms with Gasteiger partial charge in [-0.15, -0.1) is 0 Å². The summed E-state index contributed by atoms with van der Waals surface area (Å²) in [5.74, 6) is 0.303. The van der Waals surface area contributed by atoms with Gasteiger partial charge in [0, 0.05) is 25.2 Å². The summed E-state index contributed by atoms with van der Waals surface area (Å²) in [7, 11) is 0. The number of rotatable bonds is 6. The Morgan fingerprint density at radius 2 is 1.86 bits per heavy atom. The highest BCUT2D eigenvalue weighted by atomic mass is 16.5. The summed E-state index contributed by atoms with van der Waals surface area (Å²) in [6.07, 6.45) is 1.80. The average molecular weight is 383 g/mol. The quantitative estimate of drug-likeness (QED) is 0.738. The van der Waals surface area contributed by atoms with Gasteiger partial charge in [-0.05, 0) is 35.4 Å². The molecule has 1 fully saturated rings. The molecule has 2 N–H and O–H groups in total. The van der Waals surface area contributed by atoms with Crippen molar-refractivity contribution in [3.63, 3.8) is 0 Å². The van der Waals surface area contributed by atoms with Gasteiger partial charge in [-0.2, -0.15) is 0 Å². The summed E-state index contributed by atoms with van der Waals surface area (Å²) in [5.41, 5.74) is 2.87. The molecule has 2 aromatic rings. The number of urea groups is 1. The van der Waals surface area contributed by atoms with Crippen LogP contribution in [0.3, 0.4) is 0 Å². The van der Waals surface area contributed by atoms with Crippen molar-refractivity contribution in [3.8, 4) is 16.9 Å². The fourth-order valence-electron chi connectivity index (χ4n) is 3.56. The van der Waals surface area contributed by atoms with E-state index >= 15 is 0 Å². The van der Waals surface area contributed by atoms with Crippen molar-refractivity contribution >= 4 is 6.03 Å². The number of carbonyl (C=O) groups excluding carboxylic acids is 1. The smallest absolute Gasteiger partial charge is 0.317 e. The van der Waals surface area contributed by atoms with Crippen LogP contribution in [0.5, 0.6) is 5.75 Å². The maximum Gasteiger partial charge on any atom is 0.317 e. The number of hydrogen-bond donors (Lipinski definition) is 2. The molecular weight excluding hydrogens is 352 g/mol. The van der Waals surface area contributed by atoms with E-state index in [1.807, 2.05) is 42.5 Å². The van der Waals surface area contributed by atoms with Crippen molar-refractivity contribution in [1.29, 1.82) is 0 Å². The molecule has 2 amide bonds. The molecule has 0 unspecified atom stereocenters.